The van der Waals surface area contributed by atoms with Crippen LogP contribution in [-0.4, -0.2) is 24.3 Å². The fourth-order valence-corrected chi connectivity index (χ4v) is 1.65. The molecule has 0 saturated carbocycles. The van der Waals surface area contributed by atoms with Crippen molar-refractivity contribution in [2.24, 2.45) is 0 Å². The molecule has 1 amide bonds. The predicted molar refractivity (Wildman–Crippen MR) is 65.6 cm³/mol. The summed E-state index contributed by atoms with van der Waals surface area (Å²) in [5.41, 5.74) is -0.634. The normalized spacial score (nSPS) is 9.89. The summed E-state index contributed by atoms with van der Waals surface area (Å²) < 4.78 is 31.9. The third-order valence-corrected chi connectivity index (χ3v) is 2.79. The zero-order chi connectivity index (χ0) is 14.2. The molecule has 11 heteroatoms. The number of hydrogen-bond donors (Lipinski definition) is 2. The molecule has 1 aromatic rings. The molecule has 2 N–H and O–H groups in total. The van der Waals surface area contributed by atoms with Crippen LogP contribution < -0.4 is 4.72 Å². The first-order chi connectivity index (χ1) is 8.34. The molecule has 0 saturated heterocycles. The number of benzene rings is 1. The minimum absolute atomic E-state index is 0.512. The number of nitro groups is 1. The highest BCUT2D eigenvalue weighted by Crippen LogP contribution is 2.21. The van der Waals surface area contributed by atoms with Gasteiger partial charge in [0, 0.05) is 6.07 Å². The van der Waals surface area contributed by atoms with E-state index in [-0.39, 0.29) is 0 Å². The summed E-state index contributed by atoms with van der Waals surface area (Å²) in [5, 5.41) is 10.3. The van der Waals surface area contributed by atoms with Crippen LogP contribution in [0.25, 0.3) is 0 Å². The lowest BCUT2D eigenvalue weighted by Gasteiger charge is -1.97. The molecule has 0 spiro atoms. The van der Waals surface area contributed by atoms with E-state index in [1.807, 2.05) is 0 Å². The Labute approximate surface area is 111 Å². The Kier molecular flexibility index (Phi) is 7.27. The molecule has 0 radical (unpaired) electrons. The van der Waals surface area contributed by atoms with E-state index in [4.69, 9.17) is 15.2 Å². The van der Waals surface area contributed by atoms with Crippen molar-refractivity contribution in [2.75, 3.05) is 0 Å². The first kappa shape index (κ1) is 16.6. The first-order valence-electron chi connectivity index (χ1n) is 4.02. The fraction of sp³-hybridized carbons (Fsp3) is 0. The predicted octanol–water partition coefficient (Wildman–Crippen LogP) is 1.38. The maximum Gasteiger partial charge on any atom is 0.301 e. The molecule has 18 heavy (non-hydrogen) atoms. The van der Waals surface area contributed by atoms with Crippen molar-refractivity contribution in [3.8, 4) is 0 Å². The van der Waals surface area contributed by atoms with E-state index in [9.17, 15) is 23.3 Å². The zero-order valence-electron chi connectivity index (χ0n) is 8.52. The molecule has 1 rings (SSSR count). The van der Waals surface area contributed by atoms with E-state index in [2.05, 4.69) is 4.72 Å². The molecule has 0 heterocycles. The van der Waals surface area contributed by atoms with Gasteiger partial charge in [-0.15, -0.1) is 0 Å². The maximum atomic E-state index is 10.6. The molecule has 100 valence electrons. The number of carbonyl (C=O) groups excluding carboxylic acids is 1. The van der Waals surface area contributed by atoms with Crippen molar-refractivity contribution in [1.82, 2.24) is 4.72 Å². The molecule has 0 unspecified atom stereocenters. The largest absolute Gasteiger partial charge is 0.301 e. The molecule has 0 aliphatic rings. The highest BCUT2D eigenvalue weighted by atomic mass is 35.7. The van der Waals surface area contributed by atoms with Crippen LogP contribution in [0, 0.1) is 10.1 Å². The quantitative estimate of drug-likeness (QED) is 0.282. The standard InChI is InChI=1S/C6H5NO5S.CH2ClNOS/c8-7(9)5-3-1-2-4-6(5)13(10,11)12;2-5-3-1-4/h1-4H,(H,10,11,12);1H,(H,3,4). The Morgan fingerprint density at radius 2 is 2.00 bits per heavy atom. The van der Waals surface area contributed by atoms with Crippen LogP contribution in [0.1, 0.15) is 0 Å². The lowest BCUT2D eigenvalue weighted by Crippen LogP contribution is -2.02. The van der Waals surface area contributed by atoms with Gasteiger partial charge in [-0.1, -0.05) is 12.1 Å². The third-order valence-electron chi connectivity index (χ3n) is 1.43. The van der Waals surface area contributed by atoms with Gasteiger partial charge in [-0.2, -0.15) is 8.42 Å². The van der Waals surface area contributed by atoms with E-state index in [0.717, 1.165) is 23.3 Å². The summed E-state index contributed by atoms with van der Waals surface area (Å²) in [6.07, 6.45) is 0.512. The molecule has 0 atom stereocenters. The second kappa shape index (κ2) is 7.87. The number of hydrogen-bond acceptors (Lipinski definition) is 6. The summed E-state index contributed by atoms with van der Waals surface area (Å²) in [4.78, 5) is 17.9. The molecule has 8 nitrogen and oxygen atoms in total. The fourth-order valence-electron chi connectivity index (χ4n) is 0.844. The number of amides is 1. The first-order valence-corrected chi connectivity index (χ1v) is 7.10. The lowest BCUT2D eigenvalue weighted by atomic mass is 10.3. The van der Waals surface area contributed by atoms with Crippen LogP contribution >= 0.6 is 21.8 Å². The summed E-state index contributed by atoms with van der Waals surface area (Å²) in [7, 11) is 0.356. The summed E-state index contributed by atoms with van der Waals surface area (Å²) >= 11 is 0.756. The molecule has 0 bridgehead atoms. The molecular weight excluding hydrogens is 308 g/mol. The van der Waals surface area contributed by atoms with E-state index in [1.165, 1.54) is 12.1 Å². The average Bonchev–Trinajstić information content (AvgIpc) is 2.30. The second-order valence-electron chi connectivity index (χ2n) is 2.51. The van der Waals surface area contributed by atoms with Crippen molar-refractivity contribution in [1.29, 1.82) is 0 Å². The van der Waals surface area contributed by atoms with Gasteiger partial charge in [-0.3, -0.25) is 24.2 Å². The zero-order valence-corrected chi connectivity index (χ0v) is 10.9. The molecule has 1 aromatic carbocycles. The van der Waals surface area contributed by atoms with Crippen LogP contribution in [0.5, 0.6) is 0 Å². The molecule has 0 aliphatic heterocycles. The summed E-state index contributed by atoms with van der Waals surface area (Å²) in [6.45, 7) is 0. The highest BCUT2D eigenvalue weighted by Gasteiger charge is 2.22. The van der Waals surface area contributed by atoms with E-state index in [1.54, 1.807) is 0 Å². The Morgan fingerprint density at radius 3 is 2.28 bits per heavy atom. The average molecular weight is 315 g/mol. The number of nitrogens with zero attached hydrogens (tertiary/aromatic N) is 1. The van der Waals surface area contributed by atoms with Gasteiger partial charge in [0.15, 0.2) is 4.90 Å². The molecule has 0 aliphatic carbocycles. The van der Waals surface area contributed by atoms with Gasteiger partial charge in [0.25, 0.3) is 5.69 Å². The minimum Gasteiger partial charge on any atom is -0.289 e. The van der Waals surface area contributed by atoms with Gasteiger partial charge in [0.2, 0.25) is 6.41 Å². The summed E-state index contributed by atoms with van der Waals surface area (Å²) in [6, 6.07) is 4.57. The monoisotopic (exact) mass is 314 g/mol. The van der Waals surface area contributed by atoms with Crippen LogP contribution in [0.2, 0.25) is 0 Å². The Hall–Kier alpha value is -1.36. The Balaban J connectivity index is 0.000000494. The molecular formula is C7H7ClN2O6S2. The van der Waals surface area contributed by atoms with Gasteiger partial charge in [0.05, 0.1) is 16.1 Å². The second-order valence-corrected chi connectivity index (χ2v) is 4.76. The number of rotatable bonds is 4. The number of nitro benzene ring substituents is 1. The van der Waals surface area contributed by atoms with Gasteiger partial charge in [0.1, 0.15) is 0 Å². The highest BCUT2D eigenvalue weighted by molar-refractivity contribution is 8.19. The van der Waals surface area contributed by atoms with Crippen molar-refractivity contribution in [3.05, 3.63) is 34.4 Å². The van der Waals surface area contributed by atoms with Crippen LogP contribution in [0.3, 0.4) is 0 Å². The third kappa shape index (κ3) is 5.82. The molecule has 0 aromatic heterocycles. The van der Waals surface area contributed by atoms with Crippen molar-refractivity contribution < 1.29 is 22.7 Å². The van der Waals surface area contributed by atoms with Crippen molar-refractivity contribution in [2.45, 2.75) is 4.90 Å². The lowest BCUT2D eigenvalue weighted by molar-refractivity contribution is -0.387. The van der Waals surface area contributed by atoms with Crippen LogP contribution in [0.15, 0.2) is 29.2 Å². The van der Waals surface area contributed by atoms with Crippen LogP contribution in [0.4, 0.5) is 5.69 Å². The van der Waals surface area contributed by atoms with Gasteiger partial charge >= 0.3 is 10.1 Å². The van der Waals surface area contributed by atoms with Gasteiger partial charge < -0.3 is 0 Å². The number of halogens is 1. The van der Waals surface area contributed by atoms with E-state index >= 15 is 0 Å². The smallest absolute Gasteiger partial charge is 0.289 e. The van der Waals surface area contributed by atoms with Crippen molar-refractivity contribution >= 4 is 44.1 Å². The van der Waals surface area contributed by atoms with Crippen molar-refractivity contribution in [3.63, 3.8) is 0 Å². The maximum absolute atomic E-state index is 10.6. The number of carbonyl (C=O) groups is 1. The molecule has 0 fully saturated rings. The Morgan fingerprint density at radius 1 is 1.44 bits per heavy atom. The van der Waals surface area contributed by atoms with Crippen LogP contribution in [-0.2, 0) is 14.9 Å². The SMILES string of the molecule is O=CNSCl.O=[N+]([O-])c1ccccc1S(=O)(=O)O. The van der Waals surface area contributed by atoms with E-state index < -0.39 is 25.6 Å². The summed E-state index contributed by atoms with van der Waals surface area (Å²) in [5.74, 6) is 0. The topological polar surface area (TPSA) is 127 Å². The van der Waals surface area contributed by atoms with Gasteiger partial charge in [-0.25, -0.2) is 0 Å². The van der Waals surface area contributed by atoms with Gasteiger partial charge in [-0.05, 0) is 16.7 Å². The number of para-hydroxylation sites is 1. The van der Waals surface area contributed by atoms with E-state index in [0.29, 0.717) is 6.41 Å². The Bertz CT molecular complexity index is 520. The number of nitrogens with one attached hydrogen (secondary N) is 1. The minimum atomic E-state index is -4.52.